The fourth-order valence-electron chi connectivity index (χ4n) is 4.87. The van der Waals surface area contributed by atoms with Crippen LogP contribution in [0.4, 0.5) is 5.69 Å². The van der Waals surface area contributed by atoms with Crippen molar-refractivity contribution in [2.45, 2.75) is 77.6 Å². The highest BCUT2D eigenvalue weighted by Gasteiger charge is 2.16. The Morgan fingerprint density at radius 1 is 0.769 bits per heavy atom. The van der Waals surface area contributed by atoms with Crippen LogP contribution in [0, 0.1) is 17.9 Å². The van der Waals surface area contributed by atoms with E-state index in [9.17, 15) is 5.26 Å². The lowest BCUT2D eigenvalue weighted by molar-refractivity contribution is 0.576. The Balaban J connectivity index is 1.19. The molecule has 0 fully saturated rings. The van der Waals surface area contributed by atoms with Gasteiger partial charge in [0.15, 0.2) is 0 Å². The maximum absolute atomic E-state index is 9.75. The number of hydrogen-bond donors (Lipinski definition) is 0. The minimum atomic E-state index is 0.783. The molecule has 0 N–H and O–H groups in total. The Bertz CT molecular complexity index is 1550. The molecule has 0 spiro atoms. The van der Waals surface area contributed by atoms with Gasteiger partial charge in [-0.3, -0.25) is 0 Å². The molecule has 0 aliphatic carbocycles. The van der Waals surface area contributed by atoms with Crippen molar-refractivity contribution in [3.05, 3.63) is 83.1 Å². The summed E-state index contributed by atoms with van der Waals surface area (Å²) in [5.41, 5.74) is 1.64. The number of rotatable bonds is 14. The molecule has 0 saturated carbocycles. The molecule has 0 atom stereocenters. The molecule has 0 amide bonds. The summed E-state index contributed by atoms with van der Waals surface area (Å²) >= 11 is 9.01. The van der Waals surface area contributed by atoms with Crippen LogP contribution in [0.25, 0.3) is 24.0 Å². The Morgan fingerprint density at radius 3 is 2.10 bits per heavy atom. The summed E-state index contributed by atoms with van der Waals surface area (Å²) < 4.78 is 2.64. The maximum atomic E-state index is 9.75. The second-order valence-corrected chi connectivity index (χ2v) is 15.5. The maximum Gasteiger partial charge on any atom is 0.201 e. The minimum Gasteiger partial charge on any atom is -0.237 e. The highest BCUT2D eigenvalue weighted by Crippen LogP contribution is 2.42. The Morgan fingerprint density at radius 2 is 1.46 bits per heavy atom. The van der Waals surface area contributed by atoms with Gasteiger partial charge in [-0.2, -0.15) is 16.6 Å². The number of nitriles is 1. The van der Waals surface area contributed by atoms with Crippen molar-refractivity contribution >= 4 is 71.8 Å². The van der Waals surface area contributed by atoms with E-state index in [0.29, 0.717) is 0 Å². The van der Waals surface area contributed by atoms with Gasteiger partial charge >= 0.3 is 0 Å². The predicted octanol–water partition coefficient (Wildman–Crippen LogP) is 12.1. The summed E-state index contributed by atoms with van der Waals surface area (Å²) in [6, 6.07) is 15.4. The van der Waals surface area contributed by atoms with Crippen molar-refractivity contribution in [1.29, 1.82) is 5.26 Å². The van der Waals surface area contributed by atoms with Gasteiger partial charge in [0.1, 0.15) is 6.07 Å². The highest BCUT2D eigenvalue weighted by molar-refractivity contribution is 7.28. The highest BCUT2D eigenvalue weighted by atomic mass is 32.1. The zero-order valence-corrected chi connectivity index (χ0v) is 26.3. The summed E-state index contributed by atoms with van der Waals surface area (Å²) in [5, 5.41) is 11.8. The van der Waals surface area contributed by atoms with Crippen LogP contribution < -0.4 is 0 Å². The van der Waals surface area contributed by atoms with E-state index < -0.39 is 0 Å². The fourth-order valence-corrected chi connectivity index (χ4v) is 10.7. The third-order valence-electron chi connectivity index (χ3n) is 6.91. The van der Waals surface area contributed by atoms with Crippen LogP contribution in [-0.4, -0.2) is 0 Å². The first kappa shape index (κ1) is 28.3. The molecular weight excluding hydrogens is 573 g/mol. The van der Waals surface area contributed by atoms with Gasteiger partial charge in [0.05, 0.1) is 12.1 Å². The van der Waals surface area contributed by atoms with Gasteiger partial charge in [-0.25, -0.2) is 4.85 Å². The molecule has 5 aromatic rings. The monoisotopic (exact) mass is 604 g/mol. The molecule has 2 nitrogen and oxygen atoms in total. The van der Waals surface area contributed by atoms with Crippen LogP contribution >= 0.6 is 56.7 Å². The third-order valence-corrected chi connectivity index (χ3v) is 12.6. The molecule has 0 saturated heterocycles. The number of unbranched alkanes of at least 4 members (excludes halogenated alkanes) is 7. The van der Waals surface area contributed by atoms with Crippen molar-refractivity contribution in [3.8, 4) is 15.8 Å². The number of thiophene rings is 5. The fraction of sp³-hybridized carbons (Fsp3) is 0.375. The van der Waals surface area contributed by atoms with E-state index in [-0.39, 0.29) is 0 Å². The molecule has 5 heterocycles. The van der Waals surface area contributed by atoms with E-state index in [1.807, 2.05) is 40.1 Å². The zero-order valence-electron chi connectivity index (χ0n) is 22.3. The van der Waals surface area contributed by atoms with E-state index in [4.69, 9.17) is 6.57 Å². The van der Waals surface area contributed by atoms with E-state index in [2.05, 4.69) is 53.5 Å². The summed E-state index contributed by atoms with van der Waals surface area (Å²) in [7, 11) is 0. The molecule has 7 heteroatoms. The van der Waals surface area contributed by atoms with Gasteiger partial charge in [-0.1, -0.05) is 57.9 Å². The van der Waals surface area contributed by atoms with Crippen molar-refractivity contribution in [3.63, 3.8) is 0 Å². The molecule has 0 aliphatic heterocycles. The lowest BCUT2D eigenvalue weighted by Gasteiger charge is -2.00. The van der Waals surface area contributed by atoms with Crippen LogP contribution in [0.15, 0.2) is 41.8 Å². The summed E-state index contributed by atoms with van der Waals surface area (Å²) in [6.45, 7) is 9.91. The Hall–Kier alpha value is -2.26. The lowest BCUT2D eigenvalue weighted by Crippen LogP contribution is -1.83. The Labute approximate surface area is 252 Å². The first-order chi connectivity index (χ1) is 19.2. The lowest BCUT2D eigenvalue weighted by atomic mass is 10.1. The first-order valence-electron chi connectivity index (χ1n) is 13.7. The van der Waals surface area contributed by atoms with Gasteiger partial charge in [-0.05, 0) is 48.6 Å². The van der Waals surface area contributed by atoms with Gasteiger partial charge in [-0.15, -0.1) is 45.3 Å². The molecule has 200 valence electrons. The number of aryl methyl sites for hydroxylation is 1. The minimum absolute atomic E-state index is 0.783. The van der Waals surface area contributed by atoms with Crippen LogP contribution in [0.3, 0.4) is 0 Å². The summed E-state index contributed by atoms with van der Waals surface area (Å²) in [6.07, 6.45) is 13.4. The number of nitrogens with zero attached hydrogens (tertiary/aromatic N) is 2. The smallest absolute Gasteiger partial charge is 0.201 e. The standard InChI is InChI=1S/C32H32N2S5/c1-3-4-5-6-7-8-9-10-12-23-15-22(21-33)28(36-23)16-24-18-30-31(37-24)19-25(38-30)17-29-26(34-2)20-32(39-29)27-13-11-14-35-27/h11,13-15,18-20H,3-10,12,16-17H2,1H3. The normalized spacial score (nSPS) is 11.3. The molecule has 0 aromatic carbocycles. The van der Waals surface area contributed by atoms with E-state index in [1.54, 1.807) is 22.7 Å². The molecular formula is C32H32N2S5. The SMILES string of the molecule is [C-]#[N+]c1cc(-c2cccs2)sc1Cc1cc2sc(Cc3sc(CCCCCCCCCC)cc3C#N)cc2s1. The average molecular weight is 605 g/mol. The van der Waals surface area contributed by atoms with Crippen LogP contribution in [-0.2, 0) is 19.3 Å². The topological polar surface area (TPSA) is 28.1 Å². The molecule has 5 rings (SSSR count). The van der Waals surface area contributed by atoms with Crippen molar-refractivity contribution in [1.82, 2.24) is 0 Å². The van der Waals surface area contributed by atoms with Crippen molar-refractivity contribution in [2.24, 2.45) is 0 Å². The largest absolute Gasteiger partial charge is 0.237 e. The van der Waals surface area contributed by atoms with E-state index in [1.165, 1.54) is 90.0 Å². The summed E-state index contributed by atoms with van der Waals surface area (Å²) in [4.78, 5) is 12.6. The molecule has 0 unspecified atom stereocenters. The van der Waals surface area contributed by atoms with Gasteiger partial charge in [0.2, 0.25) is 5.69 Å². The van der Waals surface area contributed by atoms with Gasteiger partial charge in [0, 0.05) is 56.4 Å². The van der Waals surface area contributed by atoms with Crippen LogP contribution in [0.5, 0.6) is 0 Å². The number of hydrogen-bond acceptors (Lipinski definition) is 6. The van der Waals surface area contributed by atoms with Crippen molar-refractivity contribution < 1.29 is 0 Å². The van der Waals surface area contributed by atoms with Crippen molar-refractivity contribution in [2.75, 3.05) is 0 Å². The number of fused-ring (bicyclic) bond motifs is 1. The molecule has 39 heavy (non-hydrogen) atoms. The van der Waals surface area contributed by atoms with Crippen LogP contribution in [0.1, 0.15) is 88.2 Å². The predicted molar refractivity (Wildman–Crippen MR) is 175 cm³/mol. The van der Waals surface area contributed by atoms with E-state index >= 15 is 0 Å². The zero-order chi connectivity index (χ0) is 27.0. The van der Waals surface area contributed by atoms with Gasteiger partial charge in [0.25, 0.3) is 0 Å². The summed E-state index contributed by atoms with van der Waals surface area (Å²) in [5.74, 6) is 0. The molecule has 0 aliphatic rings. The Kier molecular flexibility index (Phi) is 10.1. The quantitative estimate of drug-likeness (QED) is 0.0915. The first-order valence-corrected chi connectivity index (χ1v) is 17.9. The second-order valence-electron chi connectivity index (χ2n) is 9.90. The molecule has 5 aromatic heterocycles. The molecule has 0 bridgehead atoms. The molecule has 0 radical (unpaired) electrons. The van der Waals surface area contributed by atoms with Crippen LogP contribution in [0.2, 0.25) is 0 Å². The van der Waals surface area contributed by atoms with Gasteiger partial charge < -0.3 is 0 Å². The van der Waals surface area contributed by atoms with E-state index in [0.717, 1.165) is 35.4 Å². The third kappa shape index (κ3) is 7.28. The second kappa shape index (κ2) is 13.9. The average Bonchev–Trinajstić information content (AvgIpc) is 3.75.